The maximum Gasteiger partial charge on any atom is 0.261 e. The van der Waals surface area contributed by atoms with Crippen LogP contribution in [-0.2, 0) is 22.5 Å². The van der Waals surface area contributed by atoms with Gasteiger partial charge in [0.1, 0.15) is 18.2 Å². The van der Waals surface area contributed by atoms with Gasteiger partial charge >= 0.3 is 0 Å². The Morgan fingerprint density at radius 3 is 2.80 bits per heavy atom. The lowest BCUT2D eigenvalue weighted by Crippen LogP contribution is -2.11. The average Bonchev–Trinajstić information content (AvgIpc) is 2.41. The molecule has 0 fully saturated rings. The van der Waals surface area contributed by atoms with Crippen LogP contribution in [0.25, 0.3) is 0 Å². The second-order valence-corrected chi connectivity index (χ2v) is 4.24. The summed E-state index contributed by atoms with van der Waals surface area (Å²) in [7, 11) is 1.59. The Labute approximate surface area is 117 Å². The summed E-state index contributed by atoms with van der Waals surface area (Å²) in [4.78, 5) is 8.63. The van der Waals surface area contributed by atoms with E-state index in [1.807, 2.05) is 6.07 Å². The molecule has 1 heterocycles. The molecular weight excluding hydrogens is 268 g/mol. The van der Waals surface area contributed by atoms with Gasteiger partial charge < -0.3 is 14.8 Å². The van der Waals surface area contributed by atoms with Crippen molar-refractivity contribution in [1.82, 2.24) is 9.97 Å². The summed E-state index contributed by atoms with van der Waals surface area (Å²) in [5.41, 5.74) is 0.755. The first-order chi connectivity index (χ1) is 9.65. The molecule has 0 aliphatic rings. The third-order valence-electron chi connectivity index (χ3n) is 2.39. The fourth-order valence-corrected chi connectivity index (χ4v) is 1.57. The molecule has 0 saturated heterocycles. The second-order valence-electron chi connectivity index (χ2n) is 4.24. The van der Waals surface area contributed by atoms with E-state index >= 15 is 0 Å². The van der Waals surface area contributed by atoms with Crippen molar-refractivity contribution in [2.75, 3.05) is 32.2 Å². The van der Waals surface area contributed by atoms with Crippen LogP contribution in [-0.4, -0.2) is 43.3 Å². The largest absolute Gasteiger partial charge is 0.378 e. The van der Waals surface area contributed by atoms with Crippen molar-refractivity contribution in [3.8, 4) is 0 Å². The third kappa shape index (κ3) is 6.72. The number of hydrogen-bond acceptors (Lipinski definition) is 5. The van der Waals surface area contributed by atoms with Crippen LogP contribution in [0.2, 0.25) is 0 Å². The molecule has 0 spiro atoms. The van der Waals surface area contributed by atoms with Gasteiger partial charge in [-0.05, 0) is 6.42 Å². The molecule has 0 amide bonds. The smallest absolute Gasteiger partial charge is 0.261 e. The first-order valence-corrected chi connectivity index (χ1v) is 6.61. The normalized spacial score (nSPS) is 11.1. The highest BCUT2D eigenvalue weighted by Crippen LogP contribution is 2.09. The number of anilines is 1. The topological polar surface area (TPSA) is 56.3 Å². The van der Waals surface area contributed by atoms with Crippen molar-refractivity contribution in [2.24, 2.45) is 0 Å². The lowest BCUT2D eigenvalue weighted by Gasteiger charge is -2.09. The van der Waals surface area contributed by atoms with Gasteiger partial charge in [0.15, 0.2) is 0 Å². The molecule has 0 aliphatic heterocycles. The molecule has 0 aromatic carbocycles. The van der Waals surface area contributed by atoms with E-state index in [1.165, 1.54) is 0 Å². The van der Waals surface area contributed by atoms with Crippen LogP contribution in [0.4, 0.5) is 14.6 Å². The Hall–Kier alpha value is -1.34. The molecule has 0 aliphatic carbocycles. The van der Waals surface area contributed by atoms with Gasteiger partial charge in [-0.15, -0.1) is 0 Å². The number of ether oxygens (including phenoxy) is 2. The van der Waals surface area contributed by atoms with Crippen molar-refractivity contribution in [3.05, 3.63) is 17.6 Å². The SMILES string of the molecule is CCCNc1cc(COC)nc(CCOCC(F)F)n1. The summed E-state index contributed by atoms with van der Waals surface area (Å²) < 4.78 is 33.8. The van der Waals surface area contributed by atoms with E-state index in [9.17, 15) is 8.78 Å². The average molecular weight is 289 g/mol. The summed E-state index contributed by atoms with van der Waals surface area (Å²) in [5, 5.41) is 3.17. The molecule has 0 bridgehead atoms. The van der Waals surface area contributed by atoms with Gasteiger partial charge in [0.2, 0.25) is 0 Å². The van der Waals surface area contributed by atoms with Crippen LogP contribution >= 0.6 is 0 Å². The Morgan fingerprint density at radius 1 is 1.35 bits per heavy atom. The minimum atomic E-state index is -2.45. The van der Waals surface area contributed by atoms with Crippen LogP contribution in [0, 0.1) is 0 Å². The van der Waals surface area contributed by atoms with E-state index < -0.39 is 13.0 Å². The molecule has 1 aromatic rings. The highest BCUT2D eigenvalue weighted by molar-refractivity contribution is 5.35. The molecular formula is C13H21F2N3O2. The first-order valence-electron chi connectivity index (χ1n) is 6.61. The zero-order valence-corrected chi connectivity index (χ0v) is 11.9. The van der Waals surface area contributed by atoms with Gasteiger partial charge in [0, 0.05) is 26.1 Å². The lowest BCUT2D eigenvalue weighted by molar-refractivity contribution is 0.0182. The van der Waals surface area contributed by atoms with E-state index in [0.29, 0.717) is 18.9 Å². The van der Waals surface area contributed by atoms with E-state index in [2.05, 4.69) is 22.2 Å². The number of rotatable bonds is 10. The summed E-state index contributed by atoms with van der Waals surface area (Å²) >= 11 is 0. The monoisotopic (exact) mass is 289 g/mol. The molecule has 0 atom stereocenters. The minimum Gasteiger partial charge on any atom is -0.378 e. The molecule has 1 rings (SSSR count). The van der Waals surface area contributed by atoms with E-state index in [1.54, 1.807) is 7.11 Å². The zero-order chi connectivity index (χ0) is 14.8. The van der Waals surface area contributed by atoms with Crippen LogP contribution in [0.15, 0.2) is 6.07 Å². The lowest BCUT2D eigenvalue weighted by atomic mass is 10.3. The second kappa shape index (κ2) is 9.55. The molecule has 5 nitrogen and oxygen atoms in total. The molecule has 1 N–H and O–H groups in total. The van der Waals surface area contributed by atoms with Crippen molar-refractivity contribution < 1.29 is 18.3 Å². The molecule has 7 heteroatoms. The van der Waals surface area contributed by atoms with Crippen molar-refractivity contribution in [1.29, 1.82) is 0 Å². The molecule has 1 aromatic heterocycles. The van der Waals surface area contributed by atoms with Crippen LogP contribution in [0.5, 0.6) is 0 Å². The Morgan fingerprint density at radius 2 is 2.15 bits per heavy atom. The van der Waals surface area contributed by atoms with Gasteiger partial charge in [0.05, 0.1) is 18.9 Å². The van der Waals surface area contributed by atoms with Gasteiger partial charge in [-0.1, -0.05) is 6.92 Å². The zero-order valence-electron chi connectivity index (χ0n) is 11.9. The van der Waals surface area contributed by atoms with Crippen molar-refractivity contribution >= 4 is 5.82 Å². The quantitative estimate of drug-likeness (QED) is 0.670. The third-order valence-corrected chi connectivity index (χ3v) is 2.39. The number of methoxy groups -OCH3 is 1. The van der Waals surface area contributed by atoms with E-state index in [4.69, 9.17) is 9.47 Å². The van der Waals surface area contributed by atoms with Crippen molar-refractivity contribution in [3.63, 3.8) is 0 Å². The van der Waals surface area contributed by atoms with Crippen LogP contribution in [0.1, 0.15) is 24.9 Å². The summed E-state index contributed by atoms with van der Waals surface area (Å²) in [6.07, 6.45) is -1.07. The van der Waals surface area contributed by atoms with E-state index in [-0.39, 0.29) is 6.61 Å². The van der Waals surface area contributed by atoms with Gasteiger partial charge in [-0.3, -0.25) is 0 Å². The predicted molar refractivity (Wildman–Crippen MR) is 72.1 cm³/mol. The number of nitrogens with one attached hydrogen (secondary N) is 1. The number of alkyl halides is 2. The van der Waals surface area contributed by atoms with Crippen LogP contribution < -0.4 is 5.32 Å². The summed E-state index contributed by atoms with van der Waals surface area (Å²) in [6, 6.07) is 1.82. The fraction of sp³-hybridized carbons (Fsp3) is 0.692. The summed E-state index contributed by atoms with van der Waals surface area (Å²) in [5.74, 6) is 1.28. The standard InChI is InChI=1S/C13H21F2N3O2/c1-3-5-16-13-7-10(8-19-2)17-12(18-13)4-6-20-9-11(14)15/h7,11H,3-6,8-9H2,1-2H3,(H,16,17,18). The molecule has 0 unspecified atom stereocenters. The number of nitrogens with zero attached hydrogens (tertiary/aromatic N) is 2. The van der Waals surface area contributed by atoms with Gasteiger partial charge in [-0.2, -0.15) is 0 Å². The highest BCUT2D eigenvalue weighted by Gasteiger charge is 2.06. The van der Waals surface area contributed by atoms with Gasteiger partial charge in [-0.25, -0.2) is 18.7 Å². The fourth-order valence-electron chi connectivity index (χ4n) is 1.57. The van der Waals surface area contributed by atoms with Crippen molar-refractivity contribution in [2.45, 2.75) is 32.8 Å². The molecule has 0 radical (unpaired) electrons. The molecule has 0 saturated carbocycles. The maximum atomic E-state index is 11.9. The maximum absolute atomic E-state index is 11.9. The first kappa shape index (κ1) is 16.7. The Balaban J connectivity index is 2.60. The van der Waals surface area contributed by atoms with Gasteiger partial charge in [0.25, 0.3) is 6.43 Å². The number of aromatic nitrogens is 2. The predicted octanol–water partition coefficient (Wildman–Crippen LogP) is 2.27. The molecule has 20 heavy (non-hydrogen) atoms. The van der Waals surface area contributed by atoms with Crippen LogP contribution in [0.3, 0.4) is 0 Å². The molecule has 114 valence electrons. The minimum absolute atomic E-state index is 0.175. The Kier molecular flexibility index (Phi) is 7.98. The number of hydrogen-bond donors (Lipinski definition) is 1. The Bertz CT molecular complexity index is 392. The van der Waals surface area contributed by atoms with E-state index in [0.717, 1.165) is 24.5 Å². The number of halogens is 2. The summed E-state index contributed by atoms with van der Waals surface area (Å²) in [6.45, 7) is 2.87. The highest BCUT2D eigenvalue weighted by atomic mass is 19.3.